The first kappa shape index (κ1) is 15.0. The summed E-state index contributed by atoms with van der Waals surface area (Å²) in [7, 11) is -2.42. The molecule has 0 spiro atoms. The van der Waals surface area contributed by atoms with Crippen LogP contribution in [0, 0.1) is 0 Å². The Balaban J connectivity index is 1.99. The Bertz CT molecular complexity index is 641. The number of carbonyl (C=O) groups excluding carboxylic acids is 1. The van der Waals surface area contributed by atoms with Crippen molar-refractivity contribution in [1.82, 2.24) is 4.31 Å². The highest BCUT2D eigenvalue weighted by atomic mass is 32.2. The second kappa shape index (κ2) is 5.35. The van der Waals surface area contributed by atoms with Gasteiger partial charge in [0.05, 0.1) is 7.11 Å². The fourth-order valence-electron chi connectivity index (χ4n) is 3.42. The van der Waals surface area contributed by atoms with E-state index in [9.17, 15) is 13.2 Å². The fourth-order valence-corrected chi connectivity index (χ4v) is 6.63. The quantitative estimate of drug-likeness (QED) is 0.841. The fraction of sp³-hybridized carbons (Fsp3) is 0.615. The summed E-state index contributed by atoms with van der Waals surface area (Å²) >= 11 is 1.09. The van der Waals surface area contributed by atoms with Crippen molar-refractivity contribution in [2.24, 2.45) is 5.73 Å². The summed E-state index contributed by atoms with van der Waals surface area (Å²) < 4.78 is 32.1. The summed E-state index contributed by atoms with van der Waals surface area (Å²) in [5.74, 6) is -0.607. The van der Waals surface area contributed by atoms with Gasteiger partial charge in [-0.2, -0.15) is 4.31 Å². The van der Waals surface area contributed by atoms with E-state index < -0.39 is 16.0 Å². The van der Waals surface area contributed by atoms with Crippen molar-refractivity contribution in [3.63, 3.8) is 0 Å². The van der Waals surface area contributed by atoms with E-state index >= 15 is 0 Å². The zero-order valence-electron chi connectivity index (χ0n) is 11.7. The molecule has 8 heteroatoms. The molecule has 6 nitrogen and oxygen atoms in total. The minimum Gasteiger partial charge on any atom is -0.465 e. The highest BCUT2D eigenvalue weighted by Crippen LogP contribution is 2.40. The van der Waals surface area contributed by atoms with Crippen LogP contribution in [0.3, 0.4) is 0 Å². The number of piperidine rings is 1. The van der Waals surface area contributed by atoms with Gasteiger partial charge in [0.2, 0.25) is 10.0 Å². The standard InChI is InChI=1S/C13H18N2O4S2/c1-19-13(16)12-11(4-5-20-12)21(17,18)15-9-2-3-10(15)7-8(14)6-9/h4-5,8-10H,2-3,6-7,14H2,1H3. The maximum absolute atomic E-state index is 12.9. The van der Waals surface area contributed by atoms with Gasteiger partial charge < -0.3 is 10.5 Å². The van der Waals surface area contributed by atoms with Gasteiger partial charge in [-0.15, -0.1) is 11.3 Å². The lowest BCUT2D eigenvalue weighted by Crippen LogP contribution is -2.50. The van der Waals surface area contributed by atoms with Crippen molar-refractivity contribution < 1.29 is 17.9 Å². The summed E-state index contributed by atoms with van der Waals surface area (Å²) in [6.07, 6.45) is 3.06. The smallest absolute Gasteiger partial charge is 0.349 e. The SMILES string of the molecule is COC(=O)c1sccc1S(=O)(=O)N1C2CCC1CC(N)C2. The Morgan fingerprint density at radius 3 is 2.57 bits per heavy atom. The van der Waals surface area contributed by atoms with Crippen LogP contribution in [0.1, 0.15) is 35.4 Å². The van der Waals surface area contributed by atoms with Crippen LogP contribution in [0.5, 0.6) is 0 Å². The number of fused-ring (bicyclic) bond motifs is 2. The average Bonchev–Trinajstić information content (AvgIpc) is 3.02. The molecule has 2 N–H and O–H groups in total. The third-order valence-corrected chi connectivity index (χ3v) is 7.33. The lowest BCUT2D eigenvalue weighted by molar-refractivity contribution is 0.0602. The van der Waals surface area contributed by atoms with Gasteiger partial charge in [-0.3, -0.25) is 0 Å². The summed E-state index contributed by atoms with van der Waals surface area (Å²) in [5.41, 5.74) is 5.99. The Kier molecular flexibility index (Phi) is 3.81. The lowest BCUT2D eigenvalue weighted by Gasteiger charge is -2.36. The van der Waals surface area contributed by atoms with Gasteiger partial charge in [-0.25, -0.2) is 13.2 Å². The first-order valence-electron chi connectivity index (χ1n) is 6.90. The normalized spacial score (nSPS) is 29.5. The van der Waals surface area contributed by atoms with Gasteiger partial charge in [0, 0.05) is 18.1 Å². The largest absolute Gasteiger partial charge is 0.465 e. The van der Waals surface area contributed by atoms with E-state index in [0.717, 1.165) is 24.2 Å². The van der Waals surface area contributed by atoms with Gasteiger partial charge in [0.1, 0.15) is 9.77 Å². The molecule has 1 aromatic heterocycles. The van der Waals surface area contributed by atoms with Crippen LogP contribution in [0.2, 0.25) is 0 Å². The van der Waals surface area contributed by atoms with Crippen molar-refractivity contribution in [3.05, 3.63) is 16.3 Å². The molecule has 0 radical (unpaired) electrons. The highest BCUT2D eigenvalue weighted by Gasteiger charge is 2.47. The number of ether oxygens (including phenoxy) is 1. The van der Waals surface area contributed by atoms with Crippen LogP contribution in [0.25, 0.3) is 0 Å². The van der Waals surface area contributed by atoms with Gasteiger partial charge in [-0.05, 0) is 37.1 Å². The topological polar surface area (TPSA) is 89.7 Å². The maximum atomic E-state index is 12.9. The van der Waals surface area contributed by atoms with Crippen LogP contribution in [0.4, 0.5) is 0 Å². The molecule has 2 saturated heterocycles. The molecule has 0 aliphatic carbocycles. The third kappa shape index (κ3) is 2.40. The molecule has 116 valence electrons. The molecular weight excluding hydrogens is 312 g/mol. The number of nitrogens with zero attached hydrogens (tertiary/aromatic N) is 1. The van der Waals surface area contributed by atoms with E-state index in [1.807, 2.05) is 0 Å². The number of hydrogen-bond acceptors (Lipinski definition) is 6. The maximum Gasteiger partial charge on any atom is 0.349 e. The second-order valence-corrected chi connectivity index (χ2v) is 8.28. The zero-order valence-corrected chi connectivity index (χ0v) is 13.3. The first-order valence-corrected chi connectivity index (χ1v) is 9.22. The Morgan fingerprint density at radius 2 is 2.00 bits per heavy atom. The number of thiophene rings is 1. The van der Waals surface area contributed by atoms with E-state index in [1.54, 1.807) is 9.69 Å². The molecule has 2 fully saturated rings. The van der Waals surface area contributed by atoms with E-state index in [4.69, 9.17) is 5.73 Å². The molecule has 2 bridgehead atoms. The first-order chi connectivity index (χ1) is 9.95. The lowest BCUT2D eigenvalue weighted by atomic mass is 10.0. The van der Waals surface area contributed by atoms with E-state index in [0.29, 0.717) is 12.8 Å². The molecular formula is C13H18N2O4S2. The number of methoxy groups -OCH3 is 1. The van der Waals surface area contributed by atoms with Crippen LogP contribution in [-0.2, 0) is 14.8 Å². The summed E-state index contributed by atoms with van der Waals surface area (Å²) in [6.45, 7) is 0. The van der Waals surface area contributed by atoms with Gasteiger partial charge in [0.15, 0.2) is 0 Å². The molecule has 0 amide bonds. The monoisotopic (exact) mass is 330 g/mol. The molecule has 2 unspecified atom stereocenters. The molecule has 2 atom stereocenters. The molecule has 3 rings (SSSR count). The molecule has 21 heavy (non-hydrogen) atoms. The Hall–Kier alpha value is -0.960. The van der Waals surface area contributed by atoms with Crippen molar-refractivity contribution in [2.45, 2.75) is 48.7 Å². The number of hydrogen-bond donors (Lipinski definition) is 1. The number of rotatable bonds is 3. The number of sulfonamides is 1. The minimum absolute atomic E-state index is 0.0471. The predicted octanol–water partition coefficient (Wildman–Crippen LogP) is 1.18. The van der Waals surface area contributed by atoms with E-state index in [2.05, 4.69) is 4.74 Å². The number of esters is 1. The number of carbonyl (C=O) groups is 1. The summed E-state index contributed by atoms with van der Waals surface area (Å²) in [6, 6.07) is 1.46. The van der Waals surface area contributed by atoms with Crippen LogP contribution >= 0.6 is 11.3 Å². The summed E-state index contributed by atoms with van der Waals surface area (Å²) in [4.78, 5) is 11.9. The Labute approximate surface area is 127 Å². The number of nitrogens with two attached hydrogens (primary N) is 1. The van der Waals surface area contributed by atoms with Crippen LogP contribution in [0.15, 0.2) is 16.3 Å². The van der Waals surface area contributed by atoms with Crippen LogP contribution in [-0.4, -0.2) is 43.9 Å². The van der Waals surface area contributed by atoms with E-state index in [1.165, 1.54) is 13.2 Å². The predicted molar refractivity (Wildman–Crippen MR) is 78.7 cm³/mol. The van der Waals surface area contributed by atoms with Crippen molar-refractivity contribution in [3.8, 4) is 0 Å². The van der Waals surface area contributed by atoms with Gasteiger partial charge in [-0.1, -0.05) is 0 Å². The van der Waals surface area contributed by atoms with Crippen molar-refractivity contribution >= 4 is 27.3 Å². The van der Waals surface area contributed by atoms with Gasteiger partial charge >= 0.3 is 5.97 Å². The minimum atomic E-state index is -3.68. The molecule has 0 saturated carbocycles. The second-order valence-electron chi connectivity index (χ2n) is 5.56. The van der Waals surface area contributed by atoms with E-state index in [-0.39, 0.29) is 27.9 Å². The van der Waals surface area contributed by atoms with Gasteiger partial charge in [0.25, 0.3) is 0 Å². The summed E-state index contributed by atoms with van der Waals surface area (Å²) in [5, 5.41) is 1.61. The molecule has 2 aliphatic heterocycles. The molecule has 1 aromatic rings. The zero-order chi connectivity index (χ0) is 15.2. The molecule has 3 heterocycles. The molecule has 0 aromatic carbocycles. The molecule has 2 aliphatic rings. The third-order valence-electron chi connectivity index (χ3n) is 4.26. The van der Waals surface area contributed by atoms with Crippen LogP contribution < -0.4 is 5.73 Å². The highest BCUT2D eigenvalue weighted by molar-refractivity contribution is 7.89. The van der Waals surface area contributed by atoms with Crippen molar-refractivity contribution in [1.29, 1.82) is 0 Å². The average molecular weight is 330 g/mol. The van der Waals surface area contributed by atoms with Crippen molar-refractivity contribution in [2.75, 3.05) is 7.11 Å². The Morgan fingerprint density at radius 1 is 1.38 bits per heavy atom.